The largest absolute Gasteiger partial charge is 0.378 e. The van der Waals surface area contributed by atoms with E-state index in [0.717, 1.165) is 41.8 Å². The first-order chi connectivity index (χ1) is 14.8. The van der Waals surface area contributed by atoms with Gasteiger partial charge in [-0.15, -0.1) is 0 Å². The van der Waals surface area contributed by atoms with Gasteiger partial charge in [-0.3, -0.25) is 0 Å². The fourth-order valence-electron chi connectivity index (χ4n) is 4.56. The van der Waals surface area contributed by atoms with Crippen LogP contribution >= 0.6 is 0 Å². The van der Waals surface area contributed by atoms with E-state index >= 15 is 0 Å². The zero-order chi connectivity index (χ0) is 22.1. The molecular formula is C25H31N5O. The standard InChI is InChI=1S/C25H31N5O/c1-28(2)20-12-8-17(9-13-20)16-19-6-5-7-22-23(19)27-30(25(26)31)24(22)18-10-14-21(15-11-18)29(3)4/h8-16,22,24H,5-7H2,1-4H3,(H2,26,31)/b19-16+/t22-,24-/m0/s1. The Kier molecular flexibility index (Phi) is 5.72. The summed E-state index contributed by atoms with van der Waals surface area (Å²) in [5.74, 6) is 0.166. The molecule has 1 aliphatic heterocycles. The molecule has 1 saturated carbocycles. The lowest BCUT2D eigenvalue weighted by atomic mass is 9.77. The Morgan fingerprint density at radius 3 is 2.13 bits per heavy atom. The molecule has 162 valence electrons. The number of allylic oxidation sites excluding steroid dienone is 1. The summed E-state index contributed by atoms with van der Waals surface area (Å²) >= 11 is 0. The number of hydrazone groups is 1. The van der Waals surface area contributed by atoms with Gasteiger partial charge in [0.1, 0.15) is 0 Å². The van der Waals surface area contributed by atoms with Crippen molar-refractivity contribution in [2.24, 2.45) is 16.8 Å². The smallest absolute Gasteiger partial charge is 0.335 e. The van der Waals surface area contributed by atoms with Gasteiger partial charge in [0.2, 0.25) is 0 Å². The molecular weight excluding hydrogens is 386 g/mol. The van der Waals surface area contributed by atoms with Crippen LogP contribution in [-0.4, -0.2) is 44.9 Å². The van der Waals surface area contributed by atoms with E-state index in [1.54, 1.807) is 0 Å². The number of nitrogens with two attached hydrogens (primary N) is 1. The Hall–Kier alpha value is -3.28. The fourth-order valence-corrected chi connectivity index (χ4v) is 4.56. The normalized spacial score (nSPS) is 21.6. The van der Waals surface area contributed by atoms with Gasteiger partial charge in [0, 0.05) is 45.5 Å². The van der Waals surface area contributed by atoms with Crippen LogP contribution < -0.4 is 15.5 Å². The van der Waals surface area contributed by atoms with E-state index in [2.05, 4.69) is 64.4 Å². The lowest BCUT2D eigenvalue weighted by molar-refractivity contribution is 0.184. The van der Waals surface area contributed by atoms with E-state index in [0.29, 0.717) is 0 Å². The van der Waals surface area contributed by atoms with Crippen LogP contribution in [0.3, 0.4) is 0 Å². The predicted molar refractivity (Wildman–Crippen MR) is 128 cm³/mol. The number of hydrogen-bond acceptors (Lipinski definition) is 4. The van der Waals surface area contributed by atoms with Crippen LogP contribution in [0.2, 0.25) is 0 Å². The molecule has 2 aromatic carbocycles. The summed E-state index contributed by atoms with van der Waals surface area (Å²) in [4.78, 5) is 16.4. The first-order valence-corrected chi connectivity index (χ1v) is 10.8. The Morgan fingerprint density at radius 1 is 1.00 bits per heavy atom. The molecule has 2 amide bonds. The van der Waals surface area contributed by atoms with Gasteiger partial charge in [0.15, 0.2) is 0 Å². The molecule has 0 bridgehead atoms. The lowest BCUT2D eigenvalue weighted by Crippen LogP contribution is -2.35. The van der Waals surface area contributed by atoms with Gasteiger partial charge >= 0.3 is 6.03 Å². The highest BCUT2D eigenvalue weighted by molar-refractivity contribution is 6.08. The van der Waals surface area contributed by atoms with E-state index < -0.39 is 6.03 Å². The van der Waals surface area contributed by atoms with Gasteiger partial charge in [-0.2, -0.15) is 5.10 Å². The zero-order valence-corrected chi connectivity index (χ0v) is 18.7. The number of benzene rings is 2. The monoisotopic (exact) mass is 417 g/mol. The highest BCUT2D eigenvalue weighted by Gasteiger charge is 2.43. The third-order valence-electron chi connectivity index (χ3n) is 6.23. The zero-order valence-electron chi connectivity index (χ0n) is 18.7. The van der Waals surface area contributed by atoms with Crippen LogP contribution in [0, 0.1) is 5.92 Å². The van der Waals surface area contributed by atoms with E-state index in [1.807, 2.05) is 28.2 Å². The fraction of sp³-hybridized carbons (Fsp3) is 0.360. The molecule has 31 heavy (non-hydrogen) atoms. The maximum Gasteiger partial charge on any atom is 0.335 e. The first-order valence-electron chi connectivity index (χ1n) is 10.8. The van der Waals surface area contributed by atoms with Gasteiger partial charge in [0.25, 0.3) is 0 Å². The number of amides is 2. The maximum atomic E-state index is 12.3. The van der Waals surface area contributed by atoms with Crippen LogP contribution in [0.4, 0.5) is 16.2 Å². The summed E-state index contributed by atoms with van der Waals surface area (Å²) in [6.45, 7) is 0. The summed E-state index contributed by atoms with van der Waals surface area (Å²) < 4.78 is 0. The molecule has 6 nitrogen and oxygen atoms in total. The Labute approximate surface area is 184 Å². The molecule has 0 spiro atoms. The highest BCUT2D eigenvalue weighted by atomic mass is 16.2. The first kappa shape index (κ1) is 21.0. The Morgan fingerprint density at radius 2 is 1.58 bits per heavy atom. The van der Waals surface area contributed by atoms with Crippen molar-refractivity contribution in [3.05, 3.63) is 65.2 Å². The average molecular weight is 418 g/mol. The predicted octanol–water partition coefficient (Wildman–Crippen LogP) is 4.49. The SMILES string of the molecule is CN(C)c1ccc(/C=C2\CCC[C@H]3C2=NN(C(N)=O)[C@H]3c2ccc(N(C)C)cc2)cc1. The molecule has 6 heteroatoms. The van der Waals surface area contributed by atoms with Gasteiger partial charge in [-0.05, 0) is 66.3 Å². The molecule has 2 aliphatic rings. The molecule has 1 heterocycles. The van der Waals surface area contributed by atoms with E-state index in [-0.39, 0.29) is 12.0 Å². The molecule has 2 atom stereocenters. The average Bonchev–Trinajstić information content (AvgIpc) is 3.15. The molecule has 1 aliphatic carbocycles. The third kappa shape index (κ3) is 4.15. The van der Waals surface area contributed by atoms with Crippen molar-refractivity contribution < 1.29 is 4.79 Å². The lowest BCUT2D eigenvalue weighted by Gasteiger charge is -2.29. The highest BCUT2D eigenvalue weighted by Crippen LogP contribution is 2.44. The van der Waals surface area contributed by atoms with E-state index in [1.165, 1.54) is 16.3 Å². The number of nitrogens with zero attached hydrogens (tertiary/aromatic N) is 4. The molecule has 0 unspecified atom stereocenters. The number of anilines is 2. The van der Waals surface area contributed by atoms with Crippen LogP contribution in [-0.2, 0) is 0 Å². The van der Waals surface area contributed by atoms with Gasteiger partial charge in [0.05, 0.1) is 11.8 Å². The van der Waals surface area contributed by atoms with Crippen molar-refractivity contribution in [2.75, 3.05) is 38.0 Å². The van der Waals surface area contributed by atoms with Crippen molar-refractivity contribution in [2.45, 2.75) is 25.3 Å². The minimum absolute atomic E-state index is 0.150. The quantitative estimate of drug-likeness (QED) is 0.797. The molecule has 0 saturated heterocycles. The van der Waals surface area contributed by atoms with Crippen molar-refractivity contribution >= 4 is 29.2 Å². The Bertz CT molecular complexity index is 1010. The number of urea groups is 1. The number of rotatable bonds is 4. The number of primary amides is 1. The molecule has 4 rings (SSSR count). The molecule has 1 fully saturated rings. The second-order valence-corrected chi connectivity index (χ2v) is 8.75. The van der Waals surface area contributed by atoms with Crippen molar-refractivity contribution in [3.63, 3.8) is 0 Å². The second kappa shape index (κ2) is 8.46. The molecule has 2 aromatic rings. The van der Waals surface area contributed by atoms with Gasteiger partial charge in [-0.25, -0.2) is 9.80 Å². The Balaban J connectivity index is 1.66. The van der Waals surface area contributed by atoms with Crippen molar-refractivity contribution in [1.82, 2.24) is 5.01 Å². The number of hydrogen-bond donors (Lipinski definition) is 1. The van der Waals surface area contributed by atoms with Gasteiger partial charge < -0.3 is 15.5 Å². The summed E-state index contributed by atoms with van der Waals surface area (Å²) in [5, 5.41) is 6.22. The number of carbonyl (C=O) groups excluding carboxylic acids is 1. The van der Waals surface area contributed by atoms with Crippen molar-refractivity contribution in [1.29, 1.82) is 0 Å². The van der Waals surface area contributed by atoms with Crippen LogP contribution in [0.25, 0.3) is 6.08 Å². The second-order valence-electron chi connectivity index (χ2n) is 8.75. The van der Waals surface area contributed by atoms with Crippen LogP contribution in [0.15, 0.2) is 59.2 Å². The summed E-state index contributed by atoms with van der Waals surface area (Å²) in [6.07, 6.45) is 5.24. The van der Waals surface area contributed by atoms with Crippen LogP contribution in [0.5, 0.6) is 0 Å². The van der Waals surface area contributed by atoms with Crippen molar-refractivity contribution in [3.8, 4) is 0 Å². The molecule has 0 radical (unpaired) electrons. The van der Waals surface area contributed by atoms with Crippen LogP contribution in [0.1, 0.15) is 36.4 Å². The molecule has 2 N–H and O–H groups in total. The summed E-state index contributed by atoms with van der Waals surface area (Å²) in [6, 6.07) is 16.2. The topological polar surface area (TPSA) is 65.2 Å². The van der Waals surface area contributed by atoms with Gasteiger partial charge in [-0.1, -0.05) is 24.3 Å². The minimum atomic E-state index is -0.502. The minimum Gasteiger partial charge on any atom is -0.378 e. The number of fused-ring (bicyclic) bond motifs is 1. The maximum absolute atomic E-state index is 12.3. The summed E-state index contributed by atoms with van der Waals surface area (Å²) in [5.41, 5.74) is 12.5. The van der Waals surface area contributed by atoms with E-state index in [9.17, 15) is 4.79 Å². The number of carbonyl (C=O) groups is 1. The summed E-state index contributed by atoms with van der Waals surface area (Å²) in [7, 11) is 8.11. The molecule has 0 aromatic heterocycles. The van der Waals surface area contributed by atoms with E-state index in [4.69, 9.17) is 10.8 Å². The third-order valence-corrected chi connectivity index (χ3v) is 6.23.